The first-order chi connectivity index (χ1) is 9.03. The van der Waals surface area contributed by atoms with Crippen LogP contribution in [0.4, 0.5) is 0 Å². The van der Waals surface area contributed by atoms with Gasteiger partial charge in [-0.25, -0.2) is 4.79 Å². The lowest BCUT2D eigenvalue weighted by Gasteiger charge is -2.33. The number of carbonyl (C=O) groups is 2. The quantitative estimate of drug-likeness (QED) is 0.885. The van der Waals surface area contributed by atoms with Crippen molar-refractivity contribution in [1.82, 2.24) is 5.32 Å². The number of amides is 1. The summed E-state index contributed by atoms with van der Waals surface area (Å²) in [5.41, 5.74) is -0.855. The molecule has 0 atom stereocenters. The molecule has 6 heteroatoms. The van der Waals surface area contributed by atoms with Crippen LogP contribution in [-0.4, -0.2) is 35.7 Å². The third-order valence-corrected chi connectivity index (χ3v) is 3.47. The maximum absolute atomic E-state index is 12.1. The molecule has 0 spiro atoms. The van der Waals surface area contributed by atoms with Crippen LogP contribution in [0.1, 0.15) is 23.2 Å². The van der Waals surface area contributed by atoms with Crippen LogP contribution in [0.25, 0.3) is 0 Å². The van der Waals surface area contributed by atoms with E-state index >= 15 is 0 Å². The highest BCUT2D eigenvalue weighted by molar-refractivity contribution is 6.30. The second kappa shape index (κ2) is 5.59. The zero-order valence-corrected chi connectivity index (χ0v) is 10.9. The summed E-state index contributed by atoms with van der Waals surface area (Å²) in [5, 5.41) is 12.5. The Kier molecular flexibility index (Phi) is 4.07. The van der Waals surface area contributed by atoms with Crippen LogP contribution in [0.5, 0.6) is 0 Å². The largest absolute Gasteiger partial charge is 0.480 e. The summed E-state index contributed by atoms with van der Waals surface area (Å²) in [6.07, 6.45) is 0.531. The standard InChI is InChI=1S/C13H14ClNO4/c14-10-3-1-9(2-4-10)11(16)15-13(12(17)18)5-7-19-8-6-13/h1-4H,5-8H2,(H,15,16)(H,17,18). The first kappa shape index (κ1) is 13.8. The van der Waals surface area contributed by atoms with Gasteiger partial charge in [-0.1, -0.05) is 11.6 Å². The van der Waals surface area contributed by atoms with Crippen molar-refractivity contribution in [2.75, 3.05) is 13.2 Å². The Balaban J connectivity index is 2.15. The fourth-order valence-electron chi connectivity index (χ4n) is 2.00. The Morgan fingerprint density at radius 1 is 1.21 bits per heavy atom. The van der Waals surface area contributed by atoms with E-state index in [0.29, 0.717) is 23.8 Å². The molecule has 1 aromatic carbocycles. The molecule has 1 saturated heterocycles. The van der Waals surface area contributed by atoms with Crippen molar-refractivity contribution in [3.8, 4) is 0 Å². The van der Waals surface area contributed by atoms with Gasteiger partial charge < -0.3 is 15.2 Å². The van der Waals surface area contributed by atoms with Crippen molar-refractivity contribution < 1.29 is 19.4 Å². The van der Waals surface area contributed by atoms with Crippen LogP contribution in [0.15, 0.2) is 24.3 Å². The summed E-state index contributed by atoms with van der Waals surface area (Å²) in [5.74, 6) is -1.45. The smallest absolute Gasteiger partial charge is 0.329 e. The number of hydrogen-bond acceptors (Lipinski definition) is 3. The summed E-state index contributed by atoms with van der Waals surface area (Å²) in [4.78, 5) is 23.5. The number of aliphatic carboxylic acids is 1. The zero-order chi connectivity index (χ0) is 13.9. The van der Waals surface area contributed by atoms with Gasteiger partial charge >= 0.3 is 5.97 Å². The summed E-state index contributed by atoms with van der Waals surface area (Å²) >= 11 is 5.74. The predicted octanol–water partition coefficient (Wildman–Crippen LogP) is 1.70. The number of carboxylic acid groups (broad SMARTS) is 1. The van der Waals surface area contributed by atoms with Gasteiger partial charge in [-0.3, -0.25) is 4.79 Å². The van der Waals surface area contributed by atoms with Crippen molar-refractivity contribution >= 4 is 23.5 Å². The van der Waals surface area contributed by atoms with Gasteiger partial charge in [0, 0.05) is 36.6 Å². The van der Waals surface area contributed by atoms with Crippen molar-refractivity contribution in [3.05, 3.63) is 34.9 Å². The summed E-state index contributed by atoms with van der Waals surface area (Å²) in [6, 6.07) is 6.31. The number of benzene rings is 1. The van der Waals surface area contributed by atoms with Crippen molar-refractivity contribution in [2.24, 2.45) is 0 Å². The lowest BCUT2D eigenvalue weighted by Crippen LogP contribution is -2.57. The molecule has 0 saturated carbocycles. The van der Waals surface area contributed by atoms with E-state index < -0.39 is 17.4 Å². The minimum Gasteiger partial charge on any atom is -0.480 e. The highest BCUT2D eigenvalue weighted by atomic mass is 35.5. The summed E-state index contributed by atoms with van der Waals surface area (Å²) in [7, 11) is 0. The molecule has 1 aliphatic heterocycles. The fraction of sp³-hybridized carbons (Fsp3) is 0.385. The van der Waals surface area contributed by atoms with E-state index in [4.69, 9.17) is 16.3 Å². The van der Waals surface area contributed by atoms with Gasteiger partial charge in [0.25, 0.3) is 5.91 Å². The van der Waals surface area contributed by atoms with E-state index in [1.54, 1.807) is 24.3 Å². The number of nitrogens with one attached hydrogen (secondary N) is 1. The Bertz CT molecular complexity index is 480. The highest BCUT2D eigenvalue weighted by Crippen LogP contribution is 2.22. The van der Waals surface area contributed by atoms with Crippen LogP contribution >= 0.6 is 11.6 Å². The molecule has 1 heterocycles. The predicted molar refractivity (Wildman–Crippen MR) is 69.3 cm³/mol. The van der Waals surface area contributed by atoms with Crippen LogP contribution in [0, 0.1) is 0 Å². The second-order valence-electron chi connectivity index (χ2n) is 4.46. The van der Waals surface area contributed by atoms with Crippen LogP contribution < -0.4 is 5.32 Å². The number of ether oxygens (including phenoxy) is 1. The monoisotopic (exact) mass is 283 g/mol. The molecule has 0 bridgehead atoms. The highest BCUT2D eigenvalue weighted by Gasteiger charge is 2.41. The first-order valence-electron chi connectivity index (χ1n) is 5.93. The molecule has 0 radical (unpaired) electrons. The number of hydrogen-bond donors (Lipinski definition) is 2. The third-order valence-electron chi connectivity index (χ3n) is 3.21. The maximum atomic E-state index is 12.1. The maximum Gasteiger partial charge on any atom is 0.329 e. The van der Waals surface area contributed by atoms with E-state index in [1.807, 2.05) is 0 Å². The average Bonchev–Trinajstić information content (AvgIpc) is 2.40. The lowest BCUT2D eigenvalue weighted by atomic mass is 9.89. The molecule has 1 fully saturated rings. The molecule has 2 N–H and O–H groups in total. The number of carboxylic acids is 1. The summed E-state index contributed by atoms with van der Waals surface area (Å²) < 4.78 is 5.15. The third kappa shape index (κ3) is 3.05. The Morgan fingerprint density at radius 3 is 2.32 bits per heavy atom. The number of rotatable bonds is 3. The molecule has 1 aliphatic rings. The van der Waals surface area contributed by atoms with E-state index in [2.05, 4.69) is 5.32 Å². The van der Waals surface area contributed by atoms with Gasteiger partial charge in [-0.2, -0.15) is 0 Å². The lowest BCUT2D eigenvalue weighted by molar-refractivity contribution is -0.148. The van der Waals surface area contributed by atoms with Gasteiger partial charge in [0.05, 0.1) is 0 Å². The van der Waals surface area contributed by atoms with Crippen LogP contribution in [0.3, 0.4) is 0 Å². The number of carbonyl (C=O) groups excluding carboxylic acids is 1. The second-order valence-corrected chi connectivity index (χ2v) is 4.90. The molecule has 0 unspecified atom stereocenters. The average molecular weight is 284 g/mol. The zero-order valence-electron chi connectivity index (χ0n) is 10.2. The SMILES string of the molecule is O=C(NC1(C(=O)O)CCOCC1)c1ccc(Cl)cc1. The minimum absolute atomic E-state index is 0.266. The molecule has 102 valence electrons. The number of halogens is 1. The molecular weight excluding hydrogens is 270 g/mol. The molecular formula is C13H14ClNO4. The van der Waals surface area contributed by atoms with Crippen LogP contribution in [0.2, 0.25) is 5.02 Å². The van der Waals surface area contributed by atoms with Gasteiger partial charge in [-0.15, -0.1) is 0 Å². The van der Waals surface area contributed by atoms with Crippen LogP contribution in [-0.2, 0) is 9.53 Å². The Hall–Kier alpha value is -1.59. The normalized spacial score (nSPS) is 17.7. The molecule has 2 rings (SSSR count). The Labute approximate surface area is 115 Å². The van der Waals surface area contributed by atoms with E-state index in [0.717, 1.165) is 0 Å². The topological polar surface area (TPSA) is 75.6 Å². The van der Waals surface area contributed by atoms with Crippen molar-refractivity contribution in [3.63, 3.8) is 0 Å². The van der Waals surface area contributed by atoms with Gasteiger partial charge in [0.1, 0.15) is 5.54 Å². The van der Waals surface area contributed by atoms with Crippen molar-refractivity contribution in [2.45, 2.75) is 18.4 Å². The molecule has 1 aromatic rings. The van der Waals surface area contributed by atoms with Crippen molar-refractivity contribution in [1.29, 1.82) is 0 Å². The van der Waals surface area contributed by atoms with E-state index in [9.17, 15) is 14.7 Å². The van der Waals surface area contributed by atoms with E-state index in [1.165, 1.54) is 0 Å². The minimum atomic E-state index is -1.24. The van der Waals surface area contributed by atoms with Gasteiger partial charge in [0.2, 0.25) is 0 Å². The summed E-state index contributed by atoms with van der Waals surface area (Å²) in [6.45, 7) is 0.653. The molecule has 0 aromatic heterocycles. The fourth-order valence-corrected chi connectivity index (χ4v) is 2.13. The first-order valence-corrected chi connectivity index (χ1v) is 6.30. The molecule has 0 aliphatic carbocycles. The Morgan fingerprint density at radius 2 is 1.79 bits per heavy atom. The van der Waals surface area contributed by atoms with Gasteiger partial charge in [-0.05, 0) is 24.3 Å². The van der Waals surface area contributed by atoms with Gasteiger partial charge in [0.15, 0.2) is 0 Å². The molecule has 1 amide bonds. The molecule has 5 nitrogen and oxygen atoms in total. The van der Waals surface area contributed by atoms with E-state index in [-0.39, 0.29) is 12.8 Å². The molecule has 19 heavy (non-hydrogen) atoms.